The maximum Gasteiger partial charge on any atom is 0.317 e. The van der Waals surface area contributed by atoms with Gasteiger partial charge in [0.05, 0.1) is 6.10 Å². The van der Waals surface area contributed by atoms with Gasteiger partial charge in [-0.25, -0.2) is 4.79 Å². The Morgan fingerprint density at radius 3 is 2.88 bits per heavy atom. The number of hydrogen-bond acceptors (Lipinski definition) is 2. The van der Waals surface area contributed by atoms with Gasteiger partial charge in [0.15, 0.2) is 0 Å². The lowest BCUT2D eigenvalue weighted by molar-refractivity contribution is 0.0827. The first-order valence-corrected chi connectivity index (χ1v) is 6.42. The van der Waals surface area contributed by atoms with Gasteiger partial charge in [-0.1, -0.05) is 13.3 Å². The van der Waals surface area contributed by atoms with Crippen molar-refractivity contribution in [1.82, 2.24) is 10.2 Å². The van der Waals surface area contributed by atoms with Gasteiger partial charge in [-0.05, 0) is 26.2 Å². The standard InChI is InChI=1S/C12H24N2O2/c1-3-5-8-13-12(15)14(4-2)10-11-7-6-9-16-11/h11H,3-10H2,1-2H3,(H,13,15). The van der Waals surface area contributed by atoms with Crippen LogP contribution in [0.2, 0.25) is 0 Å². The fourth-order valence-corrected chi connectivity index (χ4v) is 1.87. The summed E-state index contributed by atoms with van der Waals surface area (Å²) in [5.74, 6) is 0. The second kappa shape index (κ2) is 7.49. The zero-order valence-electron chi connectivity index (χ0n) is 10.5. The number of hydrogen-bond donors (Lipinski definition) is 1. The summed E-state index contributed by atoms with van der Waals surface area (Å²) in [5.41, 5.74) is 0. The van der Waals surface area contributed by atoms with E-state index in [1.165, 1.54) is 0 Å². The van der Waals surface area contributed by atoms with Crippen LogP contribution in [0.4, 0.5) is 4.79 Å². The molecule has 1 aliphatic heterocycles. The van der Waals surface area contributed by atoms with E-state index in [9.17, 15) is 4.79 Å². The van der Waals surface area contributed by atoms with Gasteiger partial charge in [0.1, 0.15) is 0 Å². The summed E-state index contributed by atoms with van der Waals surface area (Å²) in [7, 11) is 0. The SMILES string of the molecule is CCCCNC(=O)N(CC)CC1CCCO1. The van der Waals surface area contributed by atoms with Gasteiger partial charge in [-0.15, -0.1) is 0 Å². The summed E-state index contributed by atoms with van der Waals surface area (Å²) in [6.45, 7) is 7.23. The summed E-state index contributed by atoms with van der Waals surface area (Å²) in [6.07, 6.45) is 4.61. The number of nitrogens with one attached hydrogen (secondary N) is 1. The summed E-state index contributed by atoms with van der Waals surface area (Å²) >= 11 is 0. The van der Waals surface area contributed by atoms with E-state index in [2.05, 4.69) is 12.2 Å². The monoisotopic (exact) mass is 228 g/mol. The lowest BCUT2D eigenvalue weighted by Gasteiger charge is -2.24. The van der Waals surface area contributed by atoms with Crippen molar-refractivity contribution in [3.05, 3.63) is 0 Å². The molecule has 1 unspecified atom stereocenters. The molecule has 0 saturated carbocycles. The molecule has 94 valence electrons. The van der Waals surface area contributed by atoms with E-state index in [4.69, 9.17) is 4.74 Å². The van der Waals surface area contributed by atoms with Crippen LogP contribution in [-0.2, 0) is 4.74 Å². The van der Waals surface area contributed by atoms with Gasteiger partial charge in [0, 0.05) is 26.2 Å². The normalized spacial score (nSPS) is 19.8. The molecule has 2 amide bonds. The number of rotatable bonds is 6. The summed E-state index contributed by atoms with van der Waals surface area (Å²) < 4.78 is 5.54. The Morgan fingerprint density at radius 2 is 2.31 bits per heavy atom. The predicted molar refractivity (Wildman–Crippen MR) is 64.5 cm³/mol. The Balaban J connectivity index is 2.25. The van der Waals surface area contributed by atoms with Crippen LogP contribution < -0.4 is 5.32 Å². The third kappa shape index (κ3) is 4.39. The number of urea groups is 1. The Bertz CT molecular complexity index is 203. The zero-order chi connectivity index (χ0) is 11.8. The summed E-state index contributed by atoms with van der Waals surface area (Å²) in [5, 5.41) is 2.94. The molecule has 0 spiro atoms. The average Bonchev–Trinajstić information content (AvgIpc) is 2.78. The molecule has 1 N–H and O–H groups in total. The van der Waals surface area contributed by atoms with Crippen LogP contribution in [0, 0.1) is 0 Å². The molecule has 1 aliphatic rings. The second-order valence-electron chi connectivity index (χ2n) is 4.26. The van der Waals surface area contributed by atoms with Crippen LogP contribution in [0.5, 0.6) is 0 Å². The van der Waals surface area contributed by atoms with Gasteiger partial charge in [0.2, 0.25) is 0 Å². The minimum Gasteiger partial charge on any atom is -0.376 e. The number of amides is 2. The van der Waals surface area contributed by atoms with Crippen molar-refractivity contribution >= 4 is 6.03 Å². The molecule has 0 aromatic rings. The van der Waals surface area contributed by atoms with E-state index in [1.54, 1.807) is 0 Å². The quantitative estimate of drug-likeness (QED) is 0.706. The van der Waals surface area contributed by atoms with E-state index in [1.807, 2.05) is 11.8 Å². The van der Waals surface area contributed by atoms with E-state index >= 15 is 0 Å². The Labute approximate surface area is 98.3 Å². The lowest BCUT2D eigenvalue weighted by atomic mass is 10.2. The van der Waals surface area contributed by atoms with Crippen molar-refractivity contribution in [2.45, 2.75) is 45.6 Å². The van der Waals surface area contributed by atoms with Crippen molar-refractivity contribution in [3.8, 4) is 0 Å². The molecular weight excluding hydrogens is 204 g/mol. The fourth-order valence-electron chi connectivity index (χ4n) is 1.87. The maximum absolute atomic E-state index is 11.8. The number of unbranched alkanes of at least 4 members (excludes halogenated alkanes) is 1. The largest absolute Gasteiger partial charge is 0.376 e. The predicted octanol–water partition coefficient (Wildman–Crippen LogP) is 2.00. The number of nitrogens with zero attached hydrogens (tertiary/aromatic N) is 1. The third-order valence-electron chi connectivity index (χ3n) is 2.92. The molecule has 0 aliphatic carbocycles. The molecule has 0 aromatic heterocycles. The highest BCUT2D eigenvalue weighted by molar-refractivity contribution is 5.74. The van der Waals surface area contributed by atoms with E-state index in [0.29, 0.717) is 0 Å². The van der Waals surface area contributed by atoms with Crippen molar-refractivity contribution in [2.24, 2.45) is 0 Å². The van der Waals surface area contributed by atoms with Gasteiger partial charge in [-0.3, -0.25) is 0 Å². The van der Waals surface area contributed by atoms with Crippen LogP contribution in [0.25, 0.3) is 0 Å². The molecular formula is C12H24N2O2. The molecule has 0 radical (unpaired) electrons. The molecule has 0 aromatic carbocycles. The van der Waals surface area contributed by atoms with Gasteiger partial charge in [-0.2, -0.15) is 0 Å². The van der Waals surface area contributed by atoms with Gasteiger partial charge in [0.25, 0.3) is 0 Å². The Morgan fingerprint density at radius 1 is 1.50 bits per heavy atom. The van der Waals surface area contributed by atoms with Crippen LogP contribution in [0.15, 0.2) is 0 Å². The summed E-state index contributed by atoms with van der Waals surface area (Å²) in [6, 6.07) is 0.0476. The maximum atomic E-state index is 11.8. The van der Waals surface area contributed by atoms with Crippen LogP contribution in [0.3, 0.4) is 0 Å². The highest BCUT2D eigenvalue weighted by Gasteiger charge is 2.21. The number of carbonyl (C=O) groups excluding carboxylic acids is 1. The first-order valence-electron chi connectivity index (χ1n) is 6.42. The number of likely N-dealkylation sites (N-methyl/N-ethyl adjacent to an activating group) is 1. The topological polar surface area (TPSA) is 41.6 Å². The average molecular weight is 228 g/mol. The minimum atomic E-state index is 0.0476. The van der Waals surface area contributed by atoms with E-state index < -0.39 is 0 Å². The fraction of sp³-hybridized carbons (Fsp3) is 0.917. The number of ether oxygens (including phenoxy) is 1. The van der Waals surface area contributed by atoms with E-state index in [-0.39, 0.29) is 12.1 Å². The van der Waals surface area contributed by atoms with Gasteiger partial charge >= 0.3 is 6.03 Å². The highest BCUT2D eigenvalue weighted by Crippen LogP contribution is 2.13. The highest BCUT2D eigenvalue weighted by atomic mass is 16.5. The van der Waals surface area contributed by atoms with Crippen LogP contribution in [0.1, 0.15) is 39.5 Å². The number of carbonyl (C=O) groups is 1. The van der Waals surface area contributed by atoms with Gasteiger partial charge < -0.3 is 15.0 Å². The summed E-state index contributed by atoms with van der Waals surface area (Å²) in [4.78, 5) is 13.6. The third-order valence-corrected chi connectivity index (χ3v) is 2.92. The molecule has 1 atom stereocenters. The van der Waals surface area contributed by atoms with Crippen LogP contribution in [-0.4, -0.2) is 43.3 Å². The molecule has 1 saturated heterocycles. The first-order chi connectivity index (χ1) is 7.77. The second-order valence-corrected chi connectivity index (χ2v) is 4.26. The molecule has 4 heteroatoms. The molecule has 1 heterocycles. The van der Waals surface area contributed by atoms with Crippen LogP contribution >= 0.6 is 0 Å². The zero-order valence-corrected chi connectivity index (χ0v) is 10.5. The van der Waals surface area contributed by atoms with E-state index in [0.717, 1.165) is 51.9 Å². The molecule has 1 rings (SSSR count). The first kappa shape index (κ1) is 13.3. The molecule has 1 fully saturated rings. The van der Waals surface area contributed by atoms with Crippen molar-refractivity contribution in [2.75, 3.05) is 26.2 Å². The Kier molecular flexibility index (Phi) is 6.23. The van der Waals surface area contributed by atoms with Crippen molar-refractivity contribution < 1.29 is 9.53 Å². The molecule has 4 nitrogen and oxygen atoms in total. The molecule has 0 bridgehead atoms. The molecule has 16 heavy (non-hydrogen) atoms. The minimum absolute atomic E-state index is 0.0476. The Hall–Kier alpha value is -0.770. The lowest BCUT2D eigenvalue weighted by Crippen LogP contribution is -2.43. The van der Waals surface area contributed by atoms with Crippen molar-refractivity contribution in [3.63, 3.8) is 0 Å². The smallest absolute Gasteiger partial charge is 0.317 e. The van der Waals surface area contributed by atoms with Crippen molar-refractivity contribution in [1.29, 1.82) is 0 Å².